The second kappa shape index (κ2) is 6.98. The van der Waals surface area contributed by atoms with Crippen molar-refractivity contribution in [3.05, 3.63) is 35.7 Å². The zero-order valence-corrected chi connectivity index (χ0v) is 13.8. The normalized spacial score (nSPS) is 17.3. The molecule has 0 unspecified atom stereocenters. The SMILES string of the molecule is CCC(CC)c1cc(CNC(=O)[C@H]2CCn3cncc3C2)on1. The first-order chi connectivity index (χ1) is 11.2. The Bertz CT molecular complexity index is 657. The summed E-state index contributed by atoms with van der Waals surface area (Å²) in [5.41, 5.74) is 2.12. The van der Waals surface area contributed by atoms with E-state index in [2.05, 4.69) is 33.9 Å². The second-order valence-electron chi connectivity index (χ2n) is 6.22. The van der Waals surface area contributed by atoms with Crippen LogP contribution in [0, 0.1) is 5.92 Å². The molecule has 0 radical (unpaired) electrons. The summed E-state index contributed by atoms with van der Waals surface area (Å²) in [4.78, 5) is 16.5. The monoisotopic (exact) mass is 316 g/mol. The summed E-state index contributed by atoms with van der Waals surface area (Å²) in [6.07, 6.45) is 7.37. The molecule has 1 amide bonds. The highest BCUT2D eigenvalue weighted by Gasteiger charge is 2.25. The molecule has 6 heteroatoms. The van der Waals surface area contributed by atoms with Crippen molar-refractivity contribution in [1.29, 1.82) is 0 Å². The average Bonchev–Trinajstić information content (AvgIpc) is 3.22. The number of carbonyl (C=O) groups is 1. The fraction of sp³-hybridized carbons (Fsp3) is 0.588. The molecule has 0 bridgehead atoms. The lowest BCUT2D eigenvalue weighted by molar-refractivity contribution is -0.125. The van der Waals surface area contributed by atoms with Crippen LogP contribution in [-0.2, 0) is 24.3 Å². The van der Waals surface area contributed by atoms with E-state index in [1.807, 2.05) is 18.6 Å². The Labute approximate surface area is 136 Å². The van der Waals surface area contributed by atoms with Gasteiger partial charge >= 0.3 is 0 Å². The van der Waals surface area contributed by atoms with E-state index < -0.39 is 0 Å². The van der Waals surface area contributed by atoms with Crippen LogP contribution in [0.15, 0.2) is 23.1 Å². The van der Waals surface area contributed by atoms with Crippen LogP contribution in [0.25, 0.3) is 0 Å². The third-order valence-electron chi connectivity index (χ3n) is 4.76. The van der Waals surface area contributed by atoms with E-state index in [0.717, 1.165) is 49.4 Å². The van der Waals surface area contributed by atoms with Gasteiger partial charge in [0.2, 0.25) is 5.91 Å². The molecular formula is C17H24N4O2. The first kappa shape index (κ1) is 15.8. The molecule has 1 aliphatic rings. The van der Waals surface area contributed by atoms with Crippen LogP contribution >= 0.6 is 0 Å². The Morgan fingerprint density at radius 2 is 2.30 bits per heavy atom. The zero-order chi connectivity index (χ0) is 16.2. The van der Waals surface area contributed by atoms with Crippen LogP contribution < -0.4 is 5.32 Å². The second-order valence-corrected chi connectivity index (χ2v) is 6.22. The van der Waals surface area contributed by atoms with Crippen LogP contribution in [0.1, 0.15) is 56.2 Å². The van der Waals surface area contributed by atoms with Crippen molar-refractivity contribution in [2.24, 2.45) is 5.92 Å². The molecule has 2 aromatic rings. The molecule has 0 fully saturated rings. The lowest BCUT2D eigenvalue weighted by Crippen LogP contribution is -2.34. The van der Waals surface area contributed by atoms with Crippen molar-refractivity contribution in [2.75, 3.05) is 0 Å². The van der Waals surface area contributed by atoms with E-state index in [1.54, 1.807) is 0 Å². The molecule has 124 valence electrons. The standard InChI is InChI=1S/C17H24N4O2/c1-3-12(4-2)16-8-15(23-20-16)10-19-17(22)13-5-6-21-11-18-9-14(21)7-13/h8-9,11-13H,3-7,10H2,1-2H3,(H,19,22)/t13-/m0/s1. The Balaban J connectivity index is 1.53. The van der Waals surface area contributed by atoms with Gasteiger partial charge in [-0.1, -0.05) is 19.0 Å². The number of aryl methyl sites for hydroxylation is 1. The average molecular weight is 316 g/mol. The Morgan fingerprint density at radius 3 is 3.09 bits per heavy atom. The summed E-state index contributed by atoms with van der Waals surface area (Å²) in [6, 6.07) is 1.97. The van der Waals surface area contributed by atoms with Gasteiger partial charge < -0.3 is 14.4 Å². The third-order valence-corrected chi connectivity index (χ3v) is 4.76. The van der Waals surface area contributed by atoms with E-state index in [0.29, 0.717) is 12.5 Å². The third kappa shape index (κ3) is 3.46. The predicted octanol–water partition coefficient (Wildman–Crippen LogP) is 2.65. The van der Waals surface area contributed by atoms with Gasteiger partial charge in [0.15, 0.2) is 5.76 Å². The maximum atomic E-state index is 12.4. The number of carbonyl (C=O) groups excluding carboxylic acids is 1. The summed E-state index contributed by atoms with van der Waals surface area (Å²) in [5, 5.41) is 7.11. The molecule has 2 aromatic heterocycles. The molecular weight excluding hydrogens is 292 g/mol. The Morgan fingerprint density at radius 1 is 1.48 bits per heavy atom. The van der Waals surface area contributed by atoms with Gasteiger partial charge in [0.05, 0.1) is 18.6 Å². The van der Waals surface area contributed by atoms with E-state index >= 15 is 0 Å². The molecule has 0 saturated carbocycles. The number of imidazole rings is 1. The largest absolute Gasteiger partial charge is 0.359 e. The first-order valence-corrected chi connectivity index (χ1v) is 8.43. The van der Waals surface area contributed by atoms with Crippen molar-refractivity contribution >= 4 is 5.91 Å². The lowest BCUT2D eigenvalue weighted by atomic mass is 9.95. The summed E-state index contributed by atoms with van der Waals surface area (Å²) in [7, 11) is 0. The van der Waals surface area contributed by atoms with Gasteiger partial charge in [0.25, 0.3) is 0 Å². The minimum absolute atomic E-state index is 0.0145. The molecule has 1 aliphatic heterocycles. The minimum atomic E-state index is 0.0145. The van der Waals surface area contributed by atoms with Gasteiger partial charge in [-0.05, 0) is 19.3 Å². The van der Waals surface area contributed by atoms with E-state index in [4.69, 9.17) is 4.52 Å². The number of hydrogen-bond donors (Lipinski definition) is 1. The Hall–Kier alpha value is -2.11. The fourth-order valence-corrected chi connectivity index (χ4v) is 3.22. The van der Waals surface area contributed by atoms with Gasteiger partial charge in [-0.2, -0.15) is 0 Å². The van der Waals surface area contributed by atoms with Crippen LogP contribution in [0.5, 0.6) is 0 Å². The summed E-state index contributed by atoms with van der Waals surface area (Å²) >= 11 is 0. The highest BCUT2D eigenvalue weighted by molar-refractivity contribution is 5.78. The zero-order valence-electron chi connectivity index (χ0n) is 13.8. The van der Waals surface area contributed by atoms with Crippen molar-refractivity contribution in [3.63, 3.8) is 0 Å². The van der Waals surface area contributed by atoms with Gasteiger partial charge in [-0.25, -0.2) is 4.98 Å². The van der Waals surface area contributed by atoms with Crippen LogP contribution in [0.4, 0.5) is 0 Å². The first-order valence-electron chi connectivity index (χ1n) is 8.43. The van der Waals surface area contributed by atoms with Crippen LogP contribution in [-0.4, -0.2) is 20.6 Å². The molecule has 3 rings (SSSR count). The van der Waals surface area contributed by atoms with Crippen LogP contribution in [0.3, 0.4) is 0 Å². The number of fused-ring (bicyclic) bond motifs is 1. The van der Waals surface area contributed by atoms with E-state index in [1.165, 1.54) is 0 Å². The molecule has 0 aliphatic carbocycles. The minimum Gasteiger partial charge on any atom is -0.359 e. The Kier molecular flexibility index (Phi) is 4.79. The van der Waals surface area contributed by atoms with Crippen LogP contribution in [0.2, 0.25) is 0 Å². The lowest BCUT2D eigenvalue weighted by Gasteiger charge is -2.22. The van der Waals surface area contributed by atoms with Crippen molar-refractivity contribution in [1.82, 2.24) is 20.0 Å². The van der Waals surface area contributed by atoms with E-state index in [9.17, 15) is 4.79 Å². The highest BCUT2D eigenvalue weighted by Crippen LogP contribution is 2.23. The van der Waals surface area contributed by atoms with Gasteiger partial charge in [0.1, 0.15) is 0 Å². The molecule has 1 N–H and O–H groups in total. The topological polar surface area (TPSA) is 73.0 Å². The molecule has 23 heavy (non-hydrogen) atoms. The summed E-state index contributed by atoms with van der Waals surface area (Å²) < 4.78 is 7.47. The number of nitrogens with one attached hydrogen (secondary N) is 1. The number of aromatic nitrogens is 3. The van der Waals surface area contributed by atoms with Crippen molar-refractivity contribution in [2.45, 2.75) is 58.5 Å². The molecule has 0 spiro atoms. The summed E-state index contributed by atoms with van der Waals surface area (Å²) in [6.45, 7) is 5.56. The maximum Gasteiger partial charge on any atom is 0.223 e. The number of rotatable bonds is 6. The fourth-order valence-electron chi connectivity index (χ4n) is 3.22. The quantitative estimate of drug-likeness (QED) is 0.889. The molecule has 0 aromatic carbocycles. The smallest absolute Gasteiger partial charge is 0.223 e. The predicted molar refractivity (Wildman–Crippen MR) is 85.7 cm³/mol. The highest BCUT2D eigenvalue weighted by atomic mass is 16.5. The molecule has 1 atom stereocenters. The van der Waals surface area contributed by atoms with Gasteiger partial charge in [-0.15, -0.1) is 0 Å². The van der Waals surface area contributed by atoms with Gasteiger partial charge in [0, 0.05) is 42.8 Å². The maximum absolute atomic E-state index is 12.4. The molecule has 3 heterocycles. The number of hydrogen-bond acceptors (Lipinski definition) is 4. The number of nitrogens with zero attached hydrogens (tertiary/aromatic N) is 3. The van der Waals surface area contributed by atoms with Crippen molar-refractivity contribution in [3.8, 4) is 0 Å². The number of amides is 1. The van der Waals surface area contributed by atoms with Crippen molar-refractivity contribution < 1.29 is 9.32 Å². The molecule has 6 nitrogen and oxygen atoms in total. The summed E-state index contributed by atoms with van der Waals surface area (Å²) in [5.74, 6) is 1.25. The molecule has 0 saturated heterocycles. The van der Waals surface area contributed by atoms with Gasteiger partial charge in [-0.3, -0.25) is 4.79 Å². The van der Waals surface area contributed by atoms with E-state index in [-0.39, 0.29) is 11.8 Å².